The number of rotatable bonds is 4. The van der Waals surface area contributed by atoms with Gasteiger partial charge in [-0.2, -0.15) is 5.10 Å². The van der Waals surface area contributed by atoms with Crippen LogP contribution >= 0.6 is 0 Å². The van der Waals surface area contributed by atoms with E-state index in [0.29, 0.717) is 23.4 Å². The standard InChI is InChI=1S/C26H20F2N4O/c1-3-18-9-11-22-23(15-17-6-4-7-19(14-17)26(2,27)28)31-33-25(22)21(18)12-10-20-16-29-24-8-5-13-30-32(20)24/h4-9,11,13-14,16H,3,15H2,1-2H3. The predicted octanol–water partition coefficient (Wildman–Crippen LogP) is 5.54. The number of aryl methyl sites for hydroxylation is 1. The van der Waals surface area contributed by atoms with Crippen molar-refractivity contribution in [2.45, 2.75) is 32.6 Å². The number of imidazole rings is 1. The van der Waals surface area contributed by atoms with E-state index in [1.54, 1.807) is 23.0 Å². The number of benzene rings is 2. The highest BCUT2D eigenvalue weighted by atomic mass is 19.3. The summed E-state index contributed by atoms with van der Waals surface area (Å²) in [6, 6.07) is 14.1. The van der Waals surface area contributed by atoms with Crippen LogP contribution < -0.4 is 0 Å². The molecule has 3 heterocycles. The molecular formula is C26H20F2N4O. The zero-order valence-electron chi connectivity index (χ0n) is 18.1. The van der Waals surface area contributed by atoms with Gasteiger partial charge in [-0.05, 0) is 47.7 Å². The second-order valence-electron chi connectivity index (χ2n) is 7.91. The first-order valence-corrected chi connectivity index (χ1v) is 10.6. The lowest BCUT2D eigenvalue weighted by Crippen LogP contribution is -2.07. The van der Waals surface area contributed by atoms with Gasteiger partial charge in [0.05, 0.1) is 17.5 Å². The van der Waals surface area contributed by atoms with Crippen LogP contribution in [0.3, 0.4) is 0 Å². The molecule has 0 saturated heterocycles. The van der Waals surface area contributed by atoms with Crippen LogP contribution in [0.2, 0.25) is 0 Å². The molecule has 3 aromatic heterocycles. The Labute approximate surface area is 189 Å². The summed E-state index contributed by atoms with van der Waals surface area (Å²) in [5.74, 6) is 3.48. The van der Waals surface area contributed by atoms with Crippen LogP contribution in [0.15, 0.2) is 65.4 Å². The molecule has 2 aromatic carbocycles. The number of hydrogen-bond acceptors (Lipinski definition) is 4. The highest BCUT2D eigenvalue weighted by Gasteiger charge is 2.24. The van der Waals surface area contributed by atoms with E-state index in [9.17, 15) is 8.78 Å². The molecule has 164 valence electrons. The van der Waals surface area contributed by atoms with Crippen molar-refractivity contribution in [3.05, 3.63) is 94.6 Å². The van der Waals surface area contributed by atoms with Crippen LogP contribution in [0.25, 0.3) is 16.6 Å². The Morgan fingerprint density at radius 3 is 2.79 bits per heavy atom. The van der Waals surface area contributed by atoms with Crippen LogP contribution in [-0.4, -0.2) is 19.8 Å². The second kappa shape index (κ2) is 8.14. The van der Waals surface area contributed by atoms with E-state index in [1.165, 1.54) is 12.1 Å². The summed E-state index contributed by atoms with van der Waals surface area (Å²) in [5, 5.41) is 9.37. The molecule has 0 N–H and O–H groups in total. The van der Waals surface area contributed by atoms with E-state index >= 15 is 0 Å². The Morgan fingerprint density at radius 2 is 1.97 bits per heavy atom. The molecule has 0 aliphatic carbocycles. The van der Waals surface area contributed by atoms with Crippen molar-refractivity contribution < 1.29 is 13.3 Å². The van der Waals surface area contributed by atoms with Crippen LogP contribution in [0.1, 0.15) is 47.5 Å². The minimum absolute atomic E-state index is 0.0192. The number of aromatic nitrogens is 4. The molecule has 0 aliphatic heterocycles. The van der Waals surface area contributed by atoms with Gasteiger partial charge >= 0.3 is 0 Å². The third kappa shape index (κ3) is 3.96. The molecule has 33 heavy (non-hydrogen) atoms. The lowest BCUT2D eigenvalue weighted by molar-refractivity contribution is 0.0174. The maximum atomic E-state index is 13.7. The summed E-state index contributed by atoms with van der Waals surface area (Å²) in [7, 11) is 0. The van der Waals surface area contributed by atoms with Gasteiger partial charge in [0.1, 0.15) is 5.69 Å². The normalized spacial score (nSPS) is 11.6. The Hall–Kier alpha value is -4.05. The maximum absolute atomic E-state index is 13.7. The van der Waals surface area contributed by atoms with E-state index < -0.39 is 5.92 Å². The number of fused-ring (bicyclic) bond motifs is 2. The molecule has 0 spiro atoms. The fourth-order valence-corrected chi connectivity index (χ4v) is 3.84. The molecule has 5 aromatic rings. The zero-order valence-corrected chi connectivity index (χ0v) is 18.1. The van der Waals surface area contributed by atoms with E-state index in [2.05, 4.69) is 34.0 Å². The van der Waals surface area contributed by atoms with E-state index in [1.807, 2.05) is 30.3 Å². The molecule has 5 rings (SSSR count). The summed E-state index contributed by atoms with van der Waals surface area (Å²) in [5.41, 5.74) is 5.18. The average molecular weight is 442 g/mol. The highest BCUT2D eigenvalue weighted by molar-refractivity contribution is 5.86. The van der Waals surface area contributed by atoms with Crippen molar-refractivity contribution in [1.29, 1.82) is 0 Å². The van der Waals surface area contributed by atoms with E-state index in [0.717, 1.165) is 41.1 Å². The number of hydrogen-bond donors (Lipinski definition) is 0. The topological polar surface area (TPSA) is 56.2 Å². The van der Waals surface area contributed by atoms with Gasteiger partial charge in [-0.25, -0.2) is 18.3 Å². The fraction of sp³-hybridized carbons (Fsp3) is 0.192. The first-order valence-electron chi connectivity index (χ1n) is 10.6. The van der Waals surface area contributed by atoms with Crippen LogP contribution in [0.4, 0.5) is 8.78 Å². The van der Waals surface area contributed by atoms with Crippen molar-refractivity contribution in [3.63, 3.8) is 0 Å². The largest absolute Gasteiger partial charge is 0.355 e. The molecule has 0 unspecified atom stereocenters. The summed E-state index contributed by atoms with van der Waals surface area (Å²) in [4.78, 5) is 4.32. The van der Waals surface area contributed by atoms with E-state index in [-0.39, 0.29) is 5.56 Å². The van der Waals surface area contributed by atoms with Gasteiger partial charge in [0.15, 0.2) is 11.2 Å². The molecule has 0 amide bonds. The van der Waals surface area contributed by atoms with Crippen molar-refractivity contribution in [2.24, 2.45) is 0 Å². The second-order valence-corrected chi connectivity index (χ2v) is 7.91. The van der Waals surface area contributed by atoms with Gasteiger partial charge in [-0.15, -0.1) is 0 Å². The van der Waals surface area contributed by atoms with E-state index in [4.69, 9.17) is 4.52 Å². The Morgan fingerprint density at radius 1 is 1.09 bits per heavy atom. The maximum Gasteiger partial charge on any atom is 0.270 e. The molecule has 5 nitrogen and oxygen atoms in total. The predicted molar refractivity (Wildman–Crippen MR) is 121 cm³/mol. The van der Waals surface area contributed by atoms with Crippen LogP contribution in [0.5, 0.6) is 0 Å². The Kier molecular flexibility index (Phi) is 5.14. The van der Waals surface area contributed by atoms with Gasteiger partial charge in [-0.1, -0.05) is 42.3 Å². The molecule has 0 fully saturated rings. The van der Waals surface area contributed by atoms with Crippen molar-refractivity contribution >= 4 is 16.6 Å². The SMILES string of the molecule is CCc1ccc2c(Cc3cccc(C(C)(F)F)c3)noc2c1C#Cc1cnc2cccnn12. The third-order valence-electron chi connectivity index (χ3n) is 5.58. The first-order chi connectivity index (χ1) is 15.9. The lowest BCUT2D eigenvalue weighted by Gasteiger charge is -2.11. The van der Waals surface area contributed by atoms with Crippen molar-refractivity contribution in [2.75, 3.05) is 0 Å². The van der Waals surface area contributed by atoms with Crippen LogP contribution in [-0.2, 0) is 18.8 Å². The first kappa shape index (κ1) is 20.8. The smallest absolute Gasteiger partial charge is 0.270 e. The molecule has 7 heteroatoms. The van der Waals surface area contributed by atoms with Crippen molar-refractivity contribution in [3.8, 4) is 11.8 Å². The third-order valence-corrected chi connectivity index (χ3v) is 5.58. The molecule has 0 saturated carbocycles. The van der Waals surface area contributed by atoms with Gasteiger partial charge < -0.3 is 4.52 Å². The molecule has 0 bridgehead atoms. The van der Waals surface area contributed by atoms with Crippen molar-refractivity contribution in [1.82, 2.24) is 19.8 Å². The number of alkyl halides is 2. The minimum atomic E-state index is -2.90. The minimum Gasteiger partial charge on any atom is -0.355 e. The molecule has 0 aliphatic rings. The number of halogens is 2. The Balaban J connectivity index is 1.55. The number of nitrogens with zero attached hydrogens (tertiary/aromatic N) is 4. The summed E-state index contributed by atoms with van der Waals surface area (Å²) >= 11 is 0. The van der Waals surface area contributed by atoms with Gasteiger partial charge in [0, 0.05) is 30.5 Å². The average Bonchev–Trinajstić information content (AvgIpc) is 3.41. The monoisotopic (exact) mass is 442 g/mol. The Bertz CT molecular complexity index is 1530. The van der Waals surface area contributed by atoms with Gasteiger partial charge in [-0.3, -0.25) is 0 Å². The molecule has 0 radical (unpaired) electrons. The highest BCUT2D eigenvalue weighted by Crippen LogP contribution is 2.30. The van der Waals surface area contributed by atoms with Crippen LogP contribution in [0, 0.1) is 11.8 Å². The molecule has 0 atom stereocenters. The summed E-state index contributed by atoms with van der Waals surface area (Å²) < 4.78 is 34.9. The summed E-state index contributed by atoms with van der Waals surface area (Å²) in [6.45, 7) is 2.95. The fourth-order valence-electron chi connectivity index (χ4n) is 3.84. The van der Waals surface area contributed by atoms with Gasteiger partial charge in [0.25, 0.3) is 5.92 Å². The van der Waals surface area contributed by atoms with Gasteiger partial charge in [0.2, 0.25) is 0 Å². The quantitative estimate of drug-likeness (QED) is 0.343. The zero-order chi connectivity index (χ0) is 23.0. The summed E-state index contributed by atoms with van der Waals surface area (Å²) in [6.07, 6.45) is 4.52. The lowest BCUT2D eigenvalue weighted by atomic mass is 9.99. The molecular weight excluding hydrogens is 422 g/mol.